The van der Waals surface area contributed by atoms with Crippen LogP contribution in [0.15, 0.2) is 64.8 Å². The lowest BCUT2D eigenvalue weighted by atomic mass is 10.2. The number of hydrogen-bond donors (Lipinski definition) is 0. The molecule has 0 atom stereocenters. The average Bonchev–Trinajstić information content (AvgIpc) is 3.03. The van der Waals surface area contributed by atoms with E-state index in [1.807, 2.05) is 0 Å². The Bertz CT molecular complexity index is 946. The Labute approximate surface area is 150 Å². The van der Waals surface area contributed by atoms with E-state index in [-0.39, 0.29) is 16.4 Å². The number of fused-ring (bicyclic) bond motifs is 1. The van der Waals surface area contributed by atoms with Crippen LogP contribution < -0.4 is 9.21 Å². The van der Waals surface area contributed by atoms with Crippen LogP contribution in [-0.4, -0.2) is 39.5 Å². The second-order valence-corrected chi connectivity index (χ2v) is 7.26. The van der Waals surface area contributed by atoms with E-state index >= 15 is 0 Å². The minimum absolute atomic E-state index is 0.0965. The number of sulfonamides is 1. The molecule has 0 saturated heterocycles. The van der Waals surface area contributed by atoms with Gasteiger partial charge in [-0.3, -0.25) is 9.69 Å². The molecule has 0 radical (unpaired) electrons. The molecule has 0 fully saturated rings. The summed E-state index contributed by atoms with van der Waals surface area (Å²) in [4.78, 5) is 18.2. The Balaban J connectivity index is 1.96. The maximum atomic E-state index is 13.0. The molecule has 2 aromatic carbocycles. The molecule has 26 heavy (non-hydrogen) atoms. The highest BCUT2D eigenvalue weighted by molar-refractivity contribution is 7.92. The first-order chi connectivity index (χ1) is 12.4. The zero-order valence-electron chi connectivity index (χ0n) is 13.8. The number of hydrogen-bond acceptors (Lipinski definition) is 6. The molecule has 0 bridgehead atoms. The molecule has 9 nitrogen and oxygen atoms in total. The predicted octanol–water partition coefficient (Wildman–Crippen LogP) is 1.71. The zero-order valence-corrected chi connectivity index (χ0v) is 14.7. The lowest BCUT2D eigenvalue weighted by Crippen LogP contribution is -2.41. The summed E-state index contributed by atoms with van der Waals surface area (Å²) >= 11 is 0. The summed E-state index contributed by atoms with van der Waals surface area (Å²) in [6.45, 7) is -0.822. The molecule has 1 aliphatic heterocycles. The highest BCUT2D eigenvalue weighted by Gasteiger charge is 2.38. The first kappa shape index (κ1) is 17.7. The van der Waals surface area contributed by atoms with Crippen LogP contribution in [-0.2, 0) is 19.7 Å². The monoisotopic (exact) mass is 376 g/mol. The number of benzene rings is 2. The fourth-order valence-corrected chi connectivity index (χ4v) is 4.08. The lowest BCUT2D eigenvalue weighted by molar-refractivity contribution is -0.546. The molecule has 1 amide bonds. The number of carbonyl (C=O) groups excluding carboxylic acids is 1. The minimum Gasteiger partial charge on any atom is -0.597 e. The Morgan fingerprint density at radius 2 is 1.77 bits per heavy atom. The molecular weight excluding hydrogens is 360 g/mol. The highest BCUT2D eigenvalue weighted by atomic mass is 32.2. The Morgan fingerprint density at radius 3 is 2.42 bits per heavy atom. The number of carbonyl (C=O) groups is 1. The van der Waals surface area contributed by atoms with E-state index in [0.717, 1.165) is 4.31 Å². The SMILES string of the molecule is CO/N=[N+](\[O-])CC(=O)N1CN(S(=O)(=O)c2ccccc2)c2ccccc21. The van der Waals surface area contributed by atoms with Gasteiger partial charge in [0, 0.05) is 0 Å². The molecular formula is C16H16N4O5S. The van der Waals surface area contributed by atoms with Gasteiger partial charge in [-0.05, 0) is 29.1 Å². The van der Waals surface area contributed by atoms with E-state index < -0.39 is 22.5 Å². The third kappa shape index (κ3) is 3.18. The largest absolute Gasteiger partial charge is 0.597 e. The molecule has 1 heterocycles. The van der Waals surface area contributed by atoms with E-state index in [9.17, 15) is 18.4 Å². The number of rotatable bonds is 5. The van der Waals surface area contributed by atoms with Gasteiger partial charge < -0.3 is 10.0 Å². The smallest absolute Gasteiger partial charge is 0.298 e. The molecule has 0 N–H and O–H groups in total. The quantitative estimate of drug-likeness (QED) is 0.449. The van der Waals surface area contributed by atoms with Crippen LogP contribution in [0.2, 0.25) is 0 Å². The van der Waals surface area contributed by atoms with Crippen molar-refractivity contribution in [1.82, 2.24) is 0 Å². The van der Waals surface area contributed by atoms with E-state index in [4.69, 9.17) is 0 Å². The van der Waals surface area contributed by atoms with Gasteiger partial charge in [0.25, 0.3) is 22.5 Å². The zero-order chi connectivity index (χ0) is 18.7. The summed E-state index contributed by atoms with van der Waals surface area (Å²) in [6.07, 6.45) is 0. The van der Waals surface area contributed by atoms with Gasteiger partial charge in [0.1, 0.15) is 13.8 Å². The molecule has 10 heteroatoms. The van der Waals surface area contributed by atoms with Gasteiger partial charge in [0.15, 0.2) is 5.28 Å². The molecule has 0 aromatic heterocycles. The van der Waals surface area contributed by atoms with Crippen LogP contribution >= 0.6 is 0 Å². The van der Waals surface area contributed by atoms with Crippen molar-refractivity contribution in [3.05, 3.63) is 59.8 Å². The fourth-order valence-electron chi connectivity index (χ4n) is 2.64. The maximum absolute atomic E-state index is 13.0. The molecule has 136 valence electrons. The van der Waals surface area contributed by atoms with Crippen molar-refractivity contribution in [2.75, 3.05) is 29.5 Å². The van der Waals surface area contributed by atoms with Gasteiger partial charge in [0.2, 0.25) is 0 Å². The summed E-state index contributed by atoms with van der Waals surface area (Å²) in [6, 6.07) is 14.5. The predicted molar refractivity (Wildman–Crippen MR) is 92.8 cm³/mol. The Kier molecular flexibility index (Phi) is 4.76. The van der Waals surface area contributed by atoms with Gasteiger partial charge in [-0.25, -0.2) is 12.7 Å². The van der Waals surface area contributed by atoms with Crippen molar-refractivity contribution in [3.8, 4) is 0 Å². The average molecular weight is 376 g/mol. The minimum atomic E-state index is -3.86. The second-order valence-electron chi connectivity index (χ2n) is 5.39. The standard InChI is InChI=1S/C16H16N4O5S/c1-25-17-20(22)11-16(21)18-12-19(15-10-6-5-9-14(15)18)26(23,24)13-7-3-2-4-8-13/h2-10H,11-12H2,1H3/b20-17-. The molecule has 0 aliphatic carbocycles. The topological polar surface area (TPSA) is 105 Å². The van der Waals surface area contributed by atoms with Crippen molar-refractivity contribution in [3.63, 3.8) is 0 Å². The van der Waals surface area contributed by atoms with Crippen molar-refractivity contribution in [1.29, 1.82) is 0 Å². The number of hydroxylamine groups is 1. The van der Waals surface area contributed by atoms with Crippen molar-refractivity contribution in [2.45, 2.75) is 4.90 Å². The van der Waals surface area contributed by atoms with E-state index in [1.54, 1.807) is 42.5 Å². The molecule has 0 spiro atoms. The summed E-state index contributed by atoms with van der Waals surface area (Å²) in [5.74, 6) is -0.598. The third-order valence-corrected chi connectivity index (χ3v) is 5.55. The van der Waals surface area contributed by atoms with Crippen LogP contribution in [0.3, 0.4) is 0 Å². The Morgan fingerprint density at radius 1 is 1.15 bits per heavy atom. The van der Waals surface area contributed by atoms with Gasteiger partial charge in [0.05, 0.1) is 16.3 Å². The molecule has 3 rings (SSSR count). The van der Waals surface area contributed by atoms with Gasteiger partial charge in [-0.2, -0.15) is 0 Å². The number of nitrogens with zero attached hydrogens (tertiary/aromatic N) is 4. The van der Waals surface area contributed by atoms with Gasteiger partial charge in [-0.15, -0.1) is 0 Å². The third-order valence-electron chi connectivity index (χ3n) is 3.79. The van der Waals surface area contributed by atoms with Crippen LogP contribution in [0.4, 0.5) is 11.4 Å². The number of amides is 1. The Hall–Kier alpha value is -3.14. The molecule has 1 aliphatic rings. The molecule has 0 unspecified atom stereocenters. The van der Waals surface area contributed by atoms with Crippen molar-refractivity contribution >= 4 is 27.3 Å². The van der Waals surface area contributed by atoms with Crippen molar-refractivity contribution in [2.24, 2.45) is 5.28 Å². The second kappa shape index (κ2) is 7.00. The summed E-state index contributed by atoms with van der Waals surface area (Å²) in [7, 11) is -2.67. The van der Waals surface area contributed by atoms with E-state index in [1.165, 1.54) is 24.1 Å². The first-order valence-corrected chi connectivity index (χ1v) is 9.05. The number of anilines is 2. The van der Waals surface area contributed by atoms with Crippen LogP contribution in [0.1, 0.15) is 0 Å². The van der Waals surface area contributed by atoms with Gasteiger partial charge in [-0.1, -0.05) is 30.3 Å². The maximum Gasteiger partial charge on any atom is 0.298 e. The normalized spacial score (nSPS) is 14.3. The van der Waals surface area contributed by atoms with Crippen molar-refractivity contribution < 1.29 is 22.9 Å². The first-order valence-electron chi connectivity index (χ1n) is 7.61. The lowest BCUT2D eigenvalue weighted by Gasteiger charge is -2.20. The highest BCUT2D eigenvalue weighted by Crippen LogP contribution is 2.39. The fraction of sp³-hybridized carbons (Fsp3) is 0.188. The van der Waals surface area contributed by atoms with E-state index in [2.05, 4.69) is 10.1 Å². The van der Waals surface area contributed by atoms with Crippen LogP contribution in [0.25, 0.3) is 0 Å². The van der Waals surface area contributed by atoms with Crippen LogP contribution in [0.5, 0.6) is 0 Å². The molecule has 0 saturated carbocycles. The summed E-state index contributed by atoms with van der Waals surface area (Å²) in [5.41, 5.74) is 0.772. The molecule has 2 aromatic rings. The van der Waals surface area contributed by atoms with Crippen LogP contribution in [0, 0.1) is 5.21 Å². The summed E-state index contributed by atoms with van der Waals surface area (Å²) < 4.78 is 27.1. The summed E-state index contributed by atoms with van der Waals surface area (Å²) in [5, 5.41) is 14.6. The van der Waals surface area contributed by atoms with Gasteiger partial charge >= 0.3 is 0 Å². The number of para-hydroxylation sites is 2. The van der Waals surface area contributed by atoms with E-state index in [0.29, 0.717) is 11.4 Å².